The van der Waals surface area contributed by atoms with Crippen molar-refractivity contribution in [3.63, 3.8) is 0 Å². The number of carbonyl (C=O) groups excluding carboxylic acids is 3. The van der Waals surface area contributed by atoms with Gasteiger partial charge in [-0.25, -0.2) is 14.2 Å². The molecule has 0 radical (unpaired) electrons. The van der Waals surface area contributed by atoms with Crippen LogP contribution < -0.4 is 16.2 Å². The second kappa shape index (κ2) is 10.2. The maximum absolute atomic E-state index is 13.2. The number of fused-ring (bicyclic) bond motifs is 1. The third-order valence-corrected chi connectivity index (χ3v) is 6.39. The molecule has 0 saturated heterocycles. The van der Waals surface area contributed by atoms with Crippen molar-refractivity contribution in [3.05, 3.63) is 91.3 Å². The lowest BCUT2D eigenvalue weighted by Gasteiger charge is -2.09. The van der Waals surface area contributed by atoms with Gasteiger partial charge in [0, 0.05) is 27.6 Å². The fourth-order valence-corrected chi connectivity index (χ4v) is 4.59. The minimum atomic E-state index is -0.630. The number of benzene rings is 2. The Labute approximate surface area is 211 Å². The second-order valence-corrected chi connectivity index (χ2v) is 9.24. The topological polar surface area (TPSA) is 119 Å². The molecule has 4 aromatic rings. The van der Waals surface area contributed by atoms with Crippen LogP contribution in [0, 0.1) is 6.92 Å². The molecule has 11 heteroatoms. The number of amides is 2. The Hall–Kier alpha value is -3.83. The summed E-state index contributed by atoms with van der Waals surface area (Å²) in [6, 6.07) is 14.3. The molecule has 0 aliphatic carbocycles. The zero-order valence-corrected chi connectivity index (χ0v) is 21.0. The molecule has 9 nitrogen and oxygen atoms in total. The van der Waals surface area contributed by atoms with E-state index in [0.29, 0.717) is 22.6 Å². The van der Waals surface area contributed by atoms with Crippen molar-refractivity contribution in [2.45, 2.75) is 13.8 Å². The first-order chi connectivity index (χ1) is 16.8. The molecular weight excluding hydrogens is 536 g/mol. The zero-order valence-electron chi connectivity index (χ0n) is 18.6. The Balaban J connectivity index is 1.69. The van der Waals surface area contributed by atoms with Gasteiger partial charge >= 0.3 is 5.97 Å². The van der Waals surface area contributed by atoms with E-state index >= 15 is 0 Å². The smallest absolute Gasteiger partial charge is 0.338 e. The number of aromatic nitrogens is 2. The Morgan fingerprint density at radius 2 is 1.60 bits per heavy atom. The van der Waals surface area contributed by atoms with Gasteiger partial charge < -0.3 is 15.4 Å². The monoisotopic (exact) mass is 554 g/mol. The molecule has 0 fully saturated rings. The maximum atomic E-state index is 13.2. The van der Waals surface area contributed by atoms with Gasteiger partial charge in [-0.2, -0.15) is 0 Å². The van der Waals surface area contributed by atoms with Gasteiger partial charge in [-0.1, -0.05) is 27.3 Å². The summed E-state index contributed by atoms with van der Waals surface area (Å²) in [5, 5.41) is 5.43. The number of hydrogen-bond donors (Lipinski definition) is 2. The fourth-order valence-electron chi connectivity index (χ4n) is 3.26. The highest BCUT2D eigenvalue weighted by atomic mass is 79.9. The molecule has 35 heavy (non-hydrogen) atoms. The summed E-state index contributed by atoms with van der Waals surface area (Å²) in [7, 11) is 0. The Bertz CT molecular complexity index is 1490. The van der Waals surface area contributed by atoms with Gasteiger partial charge in [-0.15, -0.1) is 0 Å². The van der Waals surface area contributed by atoms with Crippen molar-refractivity contribution >= 4 is 61.4 Å². The average molecular weight is 555 g/mol. The molecule has 0 bridgehead atoms. The first-order valence-corrected chi connectivity index (χ1v) is 12.1. The van der Waals surface area contributed by atoms with Gasteiger partial charge in [0.2, 0.25) is 0 Å². The largest absolute Gasteiger partial charge is 0.462 e. The summed E-state index contributed by atoms with van der Waals surface area (Å²) in [5.41, 5.74) is 1.11. The van der Waals surface area contributed by atoms with Crippen LogP contribution in [0.2, 0.25) is 0 Å². The van der Waals surface area contributed by atoms with Gasteiger partial charge in [0.1, 0.15) is 10.6 Å². The van der Waals surface area contributed by atoms with E-state index < -0.39 is 23.3 Å². The van der Waals surface area contributed by atoms with Crippen LogP contribution in [0.25, 0.3) is 4.96 Å². The summed E-state index contributed by atoms with van der Waals surface area (Å²) in [5.74, 6) is -1.70. The maximum Gasteiger partial charge on any atom is 0.338 e. The van der Waals surface area contributed by atoms with E-state index in [-0.39, 0.29) is 22.1 Å². The predicted molar refractivity (Wildman–Crippen MR) is 137 cm³/mol. The Morgan fingerprint density at radius 1 is 1.00 bits per heavy atom. The minimum absolute atomic E-state index is 0.0179. The lowest BCUT2D eigenvalue weighted by molar-refractivity contribution is 0.0526. The molecule has 0 saturated carbocycles. The number of nitrogens with zero attached hydrogens (tertiary/aromatic N) is 2. The summed E-state index contributed by atoms with van der Waals surface area (Å²) in [4.78, 5) is 55.6. The van der Waals surface area contributed by atoms with Crippen LogP contribution in [0.5, 0.6) is 0 Å². The van der Waals surface area contributed by atoms with Gasteiger partial charge in [0.25, 0.3) is 17.4 Å². The highest BCUT2D eigenvalue weighted by molar-refractivity contribution is 9.10. The highest BCUT2D eigenvalue weighted by Gasteiger charge is 2.26. The first-order valence-electron chi connectivity index (χ1n) is 10.5. The van der Waals surface area contributed by atoms with E-state index in [1.807, 2.05) is 0 Å². The molecule has 2 N–H and O–H groups in total. The molecule has 0 unspecified atom stereocenters. The molecule has 2 aromatic carbocycles. The minimum Gasteiger partial charge on any atom is -0.462 e. The third-order valence-electron chi connectivity index (χ3n) is 4.83. The number of halogens is 1. The molecule has 0 aliphatic heterocycles. The molecule has 4 rings (SSSR count). The van der Waals surface area contributed by atoms with E-state index in [1.54, 1.807) is 50.2 Å². The predicted octanol–water partition coefficient (Wildman–Crippen LogP) is 4.51. The lowest BCUT2D eigenvalue weighted by atomic mass is 10.2. The highest BCUT2D eigenvalue weighted by Crippen LogP contribution is 2.24. The lowest BCUT2D eigenvalue weighted by Crippen LogP contribution is -2.25. The fraction of sp³-hybridized carbons (Fsp3) is 0.125. The molecule has 2 heterocycles. The van der Waals surface area contributed by atoms with Gasteiger partial charge in [-0.3, -0.25) is 14.4 Å². The van der Waals surface area contributed by atoms with Crippen molar-refractivity contribution in [2.24, 2.45) is 0 Å². The van der Waals surface area contributed by atoms with Crippen molar-refractivity contribution in [2.75, 3.05) is 17.2 Å². The van der Waals surface area contributed by atoms with Crippen molar-refractivity contribution in [1.29, 1.82) is 0 Å². The van der Waals surface area contributed by atoms with E-state index in [1.165, 1.54) is 18.2 Å². The van der Waals surface area contributed by atoms with Crippen LogP contribution in [-0.4, -0.2) is 33.8 Å². The van der Waals surface area contributed by atoms with Crippen LogP contribution in [0.15, 0.2) is 63.9 Å². The van der Waals surface area contributed by atoms with Crippen LogP contribution in [0.1, 0.15) is 43.1 Å². The molecule has 178 valence electrons. The van der Waals surface area contributed by atoms with Crippen LogP contribution in [0.3, 0.4) is 0 Å². The summed E-state index contributed by atoms with van der Waals surface area (Å²) in [6.07, 6.45) is 0. The average Bonchev–Trinajstić information content (AvgIpc) is 3.21. The number of hydrogen-bond acceptors (Lipinski definition) is 7. The van der Waals surface area contributed by atoms with Crippen molar-refractivity contribution < 1.29 is 19.1 Å². The van der Waals surface area contributed by atoms with Gasteiger partial charge in [0.15, 0.2) is 4.96 Å². The number of rotatable bonds is 6. The molecule has 2 aromatic heterocycles. The van der Waals surface area contributed by atoms with Gasteiger partial charge in [0.05, 0.1) is 12.2 Å². The quantitative estimate of drug-likeness (QED) is 0.338. The number of anilines is 2. The number of carbonyl (C=O) groups is 3. The number of esters is 1. The van der Waals surface area contributed by atoms with Crippen LogP contribution >= 0.6 is 27.3 Å². The Morgan fingerprint density at radius 3 is 2.23 bits per heavy atom. The molecular formula is C24H19BrN4O5S. The van der Waals surface area contributed by atoms with Crippen molar-refractivity contribution in [3.8, 4) is 0 Å². The standard InChI is InChI=1S/C24H19BrN4O5S/c1-3-34-23(33)14-4-8-16(9-5-14)28-22(32)20-19(21(31)27-17-10-6-15(25)7-11-17)29-18(30)12-13(2)26-24(29)35-20/h4-12H,3H2,1-2H3,(H,27,31)(H,28,32). The SMILES string of the molecule is CCOC(=O)c1ccc(NC(=O)c2sc3nc(C)cc(=O)n3c2C(=O)Nc2ccc(Br)cc2)cc1. The van der Waals surface area contributed by atoms with E-state index in [0.717, 1.165) is 20.2 Å². The third kappa shape index (κ3) is 5.31. The Kier molecular flexibility index (Phi) is 7.08. The number of aryl methyl sites for hydroxylation is 1. The molecule has 0 aliphatic rings. The van der Waals surface area contributed by atoms with E-state index in [4.69, 9.17) is 4.74 Å². The molecule has 0 spiro atoms. The van der Waals surface area contributed by atoms with E-state index in [9.17, 15) is 19.2 Å². The summed E-state index contributed by atoms with van der Waals surface area (Å²) >= 11 is 4.27. The van der Waals surface area contributed by atoms with Crippen LogP contribution in [-0.2, 0) is 4.74 Å². The molecule has 2 amide bonds. The number of ether oxygens (including phenoxy) is 1. The number of nitrogens with one attached hydrogen (secondary N) is 2. The summed E-state index contributed by atoms with van der Waals surface area (Å²) < 4.78 is 6.92. The van der Waals surface area contributed by atoms with Gasteiger partial charge in [-0.05, 0) is 62.4 Å². The van der Waals surface area contributed by atoms with Crippen LogP contribution in [0.4, 0.5) is 11.4 Å². The zero-order chi connectivity index (χ0) is 25.1. The first kappa shape index (κ1) is 24.3. The van der Waals surface area contributed by atoms with E-state index in [2.05, 4.69) is 31.5 Å². The second-order valence-electron chi connectivity index (χ2n) is 7.35. The summed E-state index contributed by atoms with van der Waals surface area (Å²) in [6.45, 7) is 3.62. The number of thiazole rings is 1. The molecule has 0 atom stereocenters. The van der Waals surface area contributed by atoms with Crippen molar-refractivity contribution in [1.82, 2.24) is 9.38 Å². The normalized spacial score (nSPS) is 10.7.